The molecular weight excluding hydrogens is 292 g/mol. The van der Waals surface area contributed by atoms with E-state index in [-0.39, 0.29) is 0 Å². The number of likely N-dealkylation sites (tertiary alicyclic amines) is 1. The van der Waals surface area contributed by atoms with E-state index in [0.717, 1.165) is 32.5 Å². The SMILES string of the molecule is CN(C)c1noc(CNC2CCN(Cc3cccnc3)CC2)n1. The summed E-state index contributed by atoms with van der Waals surface area (Å²) >= 11 is 0. The van der Waals surface area contributed by atoms with E-state index in [1.54, 1.807) is 0 Å². The van der Waals surface area contributed by atoms with Crippen LogP contribution in [-0.2, 0) is 13.1 Å². The van der Waals surface area contributed by atoms with Crippen molar-refractivity contribution in [2.75, 3.05) is 32.1 Å². The van der Waals surface area contributed by atoms with Gasteiger partial charge in [-0.3, -0.25) is 9.88 Å². The van der Waals surface area contributed by atoms with Crippen LogP contribution in [0.3, 0.4) is 0 Å². The zero-order valence-corrected chi connectivity index (χ0v) is 13.8. The second-order valence-electron chi connectivity index (χ2n) is 6.18. The molecule has 124 valence electrons. The highest BCUT2D eigenvalue weighted by Crippen LogP contribution is 2.14. The number of pyridine rings is 1. The molecule has 1 aliphatic heterocycles. The minimum absolute atomic E-state index is 0.509. The molecule has 1 fully saturated rings. The highest BCUT2D eigenvalue weighted by molar-refractivity contribution is 5.23. The molecule has 3 rings (SSSR count). The molecule has 0 spiro atoms. The highest BCUT2D eigenvalue weighted by atomic mass is 16.5. The Morgan fingerprint density at radius 3 is 2.83 bits per heavy atom. The first-order valence-corrected chi connectivity index (χ1v) is 8.05. The number of nitrogens with zero attached hydrogens (tertiary/aromatic N) is 5. The van der Waals surface area contributed by atoms with Gasteiger partial charge in [-0.2, -0.15) is 4.98 Å². The second kappa shape index (κ2) is 7.52. The van der Waals surface area contributed by atoms with Gasteiger partial charge in [-0.15, -0.1) is 0 Å². The molecule has 0 aliphatic carbocycles. The average Bonchev–Trinajstić information content (AvgIpc) is 3.04. The van der Waals surface area contributed by atoms with E-state index < -0.39 is 0 Å². The van der Waals surface area contributed by atoms with E-state index in [4.69, 9.17) is 4.52 Å². The Balaban J connectivity index is 1.40. The van der Waals surface area contributed by atoms with Crippen molar-refractivity contribution in [2.24, 2.45) is 0 Å². The Bertz CT molecular complexity index is 592. The van der Waals surface area contributed by atoms with Crippen LogP contribution in [0.2, 0.25) is 0 Å². The van der Waals surface area contributed by atoms with Gasteiger partial charge in [-0.25, -0.2) is 0 Å². The molecule has 0 amide bonds. The van der Waals surface area contributed by atoms with Crippen LogP contribution >= 0.6 is 0 Å². The molecule has 7 nitrogen and oxygen atoms in total. The maximum absolute atomic E-state index is 5.23. The van der Waals surface area contributed by atoms with Crippen molar-refractivity contribution < 1.29 is 4.52 Å². The average molecular weight is 316 g/mol. The summed E-state index contributed by atoms with van der Waals surface area (Å²) in [6.45, 7) is 3.81. The van der Waals surface area contributed by atoms with Crippen molar-refractivity contribution in [3.05, 3.63) is 36.0 Å². The first-order valence-electron chi connectivity index (χ1n) is 8.05. The molecule has 1 N–H and O–H groups in total. The molecule has 0 bridgehead atoms. The topological polar surface area (TPSA) is 70.3 Å². The van der Waals surface area contributed by atoms with E-state index in [2.05, 4.69) is 31.4 Å². The van der Waals surface area contributed by atoms with Crippen LogP contribution in [-0.4, -0.2) is 53.3 Å². The Kier molecular flexibility index (Phi) is 5.19. The lowest BCUT2D eigenvalue weighted by molar-refractivity contribution is 0.187. The largest absolute Gasteiger partial charge is 0.344 e. The first kappa shape index (κ1) is 15.9. The van der Waals surface area contributed by atoms with Crippen LogP contribution in [0.4, 0.5) is 5.95 Å². The van der Waals surface area contributed by atoms with Gasteiger partial charge < -0.3 is 14.7 Å². The fourth-order valence-corrected chi connectivity index (χ4v) is 2.78. The van der Waals surface area contributed by atoms with Gasteiger partial charge in [0.25, 0.3) is 5.95 Å². The molecule has 0 unspecified atom stereocenters. The first-order chi connectivity index (χ1) is 11.2. The molecule has 2 aromatic heterocycles. The minimum atomic E-state index is 0.509. The van der Waals surface area contributed by atoms with Gasteiger partial charge >= 0.3 is 0 Å². The molecule has 2 aromatic rings. The summed E-state index contributed by atoms with van der Waals surface area (Å²) in [6.07, 6.45) is 6.03. The van der Waals surface area contributed by atoms with Crippen molar-refractivity contribution in [2.45, 2.75) is 32.0 Å². The van der Waals surface area contributed by atoms with Gasteiger partial charge in [-0.05, 0) is 42.7 Å². The van der Waals surface area contributed by atoms with E-state index in [9.17, 15) is 0 Å². The molecule has 3 heterocycles. The monoisotopic (exact) mass is 316 g/mol. The quantitative estimate of drug-likeness (QED) is 0.861. The van der Waals surface area contributed by atoms with Crippen LogP contribution in [0, 0.1) is 0 Å². The summed E-state index contributed by atoms with van der Waals surface area (Å²) in [5.74, 6) is 1.26. The predicted octanol–water partition coefficient (Wildman–Crippen LogP) is 1.28. The zero-order valence-electron chi connectivity index (χ0n) is 13.8. The summed E-state index contributed by atoms with van der Waals surface area (Å²) in [5, 5.41) is 7.44. The minimum Gasteiger partial charge on any atom is -0.344 e. The van der Waals surface area contributed by atoms with Crippen LogP contribution in [0.1, 0.15) is 24.3 Å². The van der Waals surface area contributed by atoms with E-state index in [1.807, 2.05) is 37.5 Å². The Morgan fingerprint density at radius 1 is 1.35 bits per heavy atom. The van der Waals surface area contributed by atoms with Gasteiger partial charge in [0.2, 0.25) is 5.89 Å². The molecule has 0 saturated carbocycles. The summed E-state index contributed by atoms with van der Waals surface area (Å²) < 4.78 is 5.23. The number of hydrogen-bond donors (Lipinski definition) is 1. The lowest BCUT2D eigenvalue weighted by Crippen LogP contribution is -2.41. The zero-order chi connectivity index (χ0) is 16.1. The summed E-state index contributed by atoms with van der Waals surface area (Å²) in [6, 6.07) is 4.64. The van der Waals surface area contributed by atoms with Gasteiger partial charge in [0, 0.05) is 39.1 Å². The number of nitrogens with one attached hydrogen (secondary N) is 1. The number of aromatic nitrogens is 3. The van der Waals surface area contributed by atoms with E-state index in [1.165, 1.54) is 5.56 Å². The van der Waals surface area contributed by atoms with Gasteiger partial charge in [0.05, 0.1) is 6.54 Å². The van der Waals surface area contributed by atoms with Crippen LogP contribution in [0.15, 0.2) is 29.0 Å². The molecule has 1 aliphatic rings. The highest BCUT2D eigenvalue weighted by Gasteiger charge is 2.19. The molecule has 7 heteroatoms. The van der Waals surface area contributed by atoms with Crippen molar-refractivity contribution in [3.63, 3.8) is 0 Å². The third-order valence-corrected chi connectivity index (χ3v) is 4.12. The van der Waals surface area contributed by atoms with Crippen molar-refractivity contribution >= 4 is 5.95 Å². The Hall–Kier alpha value is -1.99. The molecule has 0 atom stereocenters. The number of rotatable bonds is 6. The van der Waals surface area contributed by atoms with Gasteiger partial charge in [-0.1, -0.05) is 6.07 Å². The van der Waals surface area contributed by atoms with Crippen molar-refractivity contribution in [3.8, 4) is 0 Å². The summed E-state index contributed by atoms with van der Waals surface area (Å²) in [5.41, 5.74) is 1.28. The van der Waals surface area contributed by atoms with Crippen molar-refractivity contribution in [1.29, 1.82) is 0 Å². The molecule has 23 heavy (non-hydrogen) atoms. The molecular formula is C16H24N6O. The van der Waals surface area contributed by atoms with Crippen LogP contribution in [0.25, 0.3) is 0 Å². The lowest BCUT2D eigenvalue weighted by Gasteiger charge is -2.32. The number of anilines is 1. The second-order valence-corrected chi connectivity index (χ2v) is 6.18. The lowest BCUT2D eigenvalue weighted by atomic mass is 10.0. The maximum atomic E-state index is 5.23. The smallest absolute Gasteiger partial charge is 0.265 e. The number of hydrogen-bond acceptors (Lipinski definition) is 7. The van der Waals surface area contributed by atoms with Crippen molar-refractivity contribution in [1.82, 2.24) is 25.3 Å². The third kappa shape index (κ3) is 4.49. The fourth-order valence-electron chi connectivity index (χ4n) is 2.78. The standard InChI is InChI=1S/C16H24N6O/c1-21(2)16-19-15(23-20-16)11-18-14-5-8-22(9-6-14)12-13-4-3-7-17-10-13/h3-4,7,10,14,18H,5-6,8-9,11-12H2,1-2H3. The predicted molar refractivity (Wildman–Crippen MR) is 88.0 cm³/mol. The molecule has 0 aromatic carbocycles. The molecule has 1 saturated heterocycles. The normalized spacial score (nSPS) is 16.6. The van der Waals surface area contributed by atoms with E-state index >= 15 is 0 Å². The number of piperidine rings is 1. The van der Waals surface area contributed by atoms with Crippen LogP contribution < -0.4 is 10.2 Å². The third-order valence-electron chi connectivity index (χ3n) is 4.12. The van der Waals surface area contributed by atoms with Gasteiger partial charge in [0.1, 0.15) is 0 Å². The Labute approximate surface area is 136 Å². The van der Waals surface area contributed by atoms with E-state index in [0.29, 0.717) is 24.4 Å². The van der Waals surface area contributed by atoms with Crippen LogP contribution in [0.5, 0.6) is 0 Å². The Morgan fingerprint density at radius 2 is 2.17 bits per heavy atom. The summed E-state index contributed by atoms with van der Waals surface area (Å²) in [4.78, 5) is 12.8. The van der Waals surface area contributed by atoms with Gasteiger partial charge in [0.15, 0.2) is 0 Å². The summed E-state index contributed by atoms with van der Waals surface area (Å²) in [7, 11) is 3.81. The molecule has 0 radical (unpaired) electrons. The fraction of sp³-hybridized carbons (Fsp3) is 0.562. The maximum Gasteiger partial charge on any atom is 0.265 e.